The maximum atomic E-state index is 4.93. The third-order valence-corrected chi connectivity index (χ3v) is 2.49. The largest absolute Gasteiger partial charge is 1.00 e. The molecule has 0 nitrogen and oxygen atoms in total. The Morgan fingerprint density at radius 2 is 1.70 bits per heavy atom. The Hall–Kier alpha value is 0.869. The normalized spacial score (nSPS) is 20.1. The minimum absolute atomic E-state index is 0. The third-order valence-electron chi connectivity index (χ3n) is 2.25. The van der Waals surface area contributed by atoms with E-state index in [1.54, 1.807) is 0 Å². The molecule has 0 aliphatic heterocycles. The Bertz CT molecular complexity index is 66.9. The van der Waals surface area contributed by atoms with Crippen LogP contribution in [0, 0.1) is 5.92 Å². The zero-order valence-corrected chi connectivity index (χ0v) is 8.00. The molecule has 0 atom stereocenters. The summed E-state index contributed by atoms with van der Waals surface area (Å²) in [5.41, 5.74) is 0. The van der Waals surface area contributed by atoms with Gasteiger partial charge in [0.05, 0.1) is 0 Å². The summed E-state index contributed by atoms with van der Waals surface area (Å²) in [6, 6.07) is 0. The van der Waals surface area contributed by atoms with E-state index in [0.29, 0.717) is 0 Å². The van der Waals surface area contributed by atoms with Gasteiger partial charge in [0.2, 0.25) is 0 Å². The summed E-state index contributed by atoms with van der Waals surface area (Å²) in [6.07, 6.45) is 8.59. The molecule has 1 fully saturated rings. The first-order chi connectivity index (χ1) is 4.43. The standard InChI is InChI=1S/C8H16S.Cu/c9-7-6-8-4-2-1-3-5-8;/h8-9H,1-7H2;/q;+1/p-1. The van der Waals surface area contributed by atoms with E-state index in [9.17, 15) is 0 Å². The first kappa shape index (κ1) is 10.9. The van der Waals surface area contributed by atoms with Crippen LogP contribution in [-0.4, -0.2) is 5.75 Å². The molecule has 0 heterocycles. The Morgan fingerprint density at radius 1 is 1.10 bits per heavy atom. The van der Waals surface area contributed by atoms with Crippen LogP contribution in [0.4, 0.5) is 0 Å². The van der Waals surface area contributed by atoms with Crippen molar-refractivity contribution in [2.24, 2.45) is 5.92 Å². The van der Waals surface area contributed by atoms with Gasteiger partial charge in [0.15, 0.2) is 0 Å². The second kappa shape index (κ2) is 6.57. The molecule has 1 aliphatic carbocycles. The Kier molecular flexibility index (Phi) is 7.14. The molecule has 64 valence electrons. The smallest absolute Gasteiger partial charge is 0.793 e. The van der Waals surface area contributed by atoms with Crippen LogP contribution in [0.25, 0.3) is 0 Å². The second-order valence-electron chi connectivity index (χ2n) is 3.00. The van der Waals surface area contributed by atoms with E-state index >= 15 is 0 Å². The van der Waals surface area contributed by atoms with E-state index in [1.807, 2.05) is 0 Å². The summed E-state index contributed by atoms with van der Waals surface area (Å²) >= 11 is 4.93. The van der Waals surface area contributed by atoms with Crippen LogP contribution < -0.4 is 0 Å². The molecule has 0 bridgehead atoms. The van der Waals surface area contributed by atoms with E-state index in [0.717, 1.165) is 11.7 Å². The minimum Gasteiger partial charge on any atom is -0.793 e. The fraction of sp³-hybridized carbons (Fsp3) is 1.00. The van der Waals surface area contributed by atoms with Crippen LogP contribution >= 0.6 is 0 Å². The molecule has 0 aromatic heterocycles. The van der Waals surface area contributed by atoms with Gasteiger partial charge < -0.3 is 12.6 Å². The van der Waals surface area contributed by atoms with E-state index in [1.165, 1.54) is 38.5 Å². The maximum absolute atomic E-state index is 4.93. The summed E-state index contributed by atoms with van der Waals surface area (Å²) in [7, 11) is 0. The fourth-order valence-electron chi connectivity index (χ4n) is 1.64. The second-order valence-corrected chi connectivity index (χ2v) is 3.41. The molecular weight excluding hydrogens is 192 g/mol. The van der Waals surface area contributed by atoms with E-state index in [2.05, 4.69) is 0 Å². The fourth-order valence-corrected chi connectivity index (χ4v) is 1.98. The van der Waals surface area contributed by atoms with Crippen molar-refractivity contribution in [2.45, 2.75) is 38.5 Å². The zero-order valence-electron chi connectivity index (χ0n) is 6.24. The first-order valence-electron chi connectivity index (χ1n) is 4.01. The van der Waals surface area contributed by atoms with Crippen molar-refractivity contribution in [1.29, 1.82) is 0 Å². The minimum atomic E-state index is 0. The van der Waals surface area contributed by atoms with Gasteiger partial charge in [-0.15, -0.1) is 0 Å². The van der Waals surface area contributed by atoms with Crippen molar-refractivity contribution in [1.82, 2.24) is 0 Å². The van der Waals surface area contributed by atoms with Gasteiger partial charge >= 0.3 is 17.1 Å². The van der Waals surface area contributed by atoms with Gasteiger partial charge in [-0.1, -0.05) is 38.5 Å². The van der Waals surface area contributed by atoms with Crippen molar-refractivity contribution in [3.63, 3.8) is 0 Å². The summed E-state index contributed by atoms with van der Waals surface area (Å²) < 4.78 is 0. The molecular formula is C8H15CuS. The van der Waals surface area contributed by atoms with Gasteiger partial charge in [0, 0.05) is 0 Å². The molecule has 0 unspecified atom stereocenters. The van der Waals surface area contributed by atoms with E-state index < -0.39 is 0 Å². The van der Waals surface area contributed by atoms with Gasteiger partial charge in [-0.3, -0.25) is 0 Å². The Morgan fingerprint density at radius 3 is 2.20 bits per heavy atom. The van der Waals surface area contributed by atoms with Crippen LogP contribution in [-0.2, 0) is 29.7 Å². The summed E-state index contributed by atoms with van der Waals surface area (Å²) in [5, 5.41) is 0. The molecule has 1 rings (SSSR count). The number of hydrogen-bond donors (Lipinski definition) is 0. The first-order valence-corrected chi connectivity index (χ1v) is 4.59. The SMILES string of the molecule is [Cu+].[S-]CCC1CCCCC1. The topological polar surface area (TPSA) is 0 Å². The van der Waals surface area contributed by atoms with Gasteiger partial charge in [0.1, 0.15) is 0 Å². The molecule has 0 aromatic carbocycles. The molecule has 0 amide bonds. The maximum Gasteiger partial charge on any atom is 1.00 e. The predicted octanol–water partition coefficient (Wildman–Crippen LogP) is 2.50. The third kappa shape index (κ3) is 3.90. The molecule has 0 spiro atoms. The van der Waals surface area contributed by atoms with Crippen molar-refractivity contribution < 1.29 is 17.1 Å². The molecule has 0 radical (unpaired) electrons. The Balaban J connectivity index is 0.000000810. The van der Waals surface area contributed by atoms with Gasteiger partial charge in [0.25, 0.3) is 0 Å². The quantitative estimate of drug-likeness (QED) is 0.494. The number of rotatable bonds is 2. The van der Waals surface area contributed by atoms with Crippen molar-refractivity contribution in [3.8, 4) is 0 Å². The zero-order chi connectivity index (χ0) is 6.53. The molecule has 1 aliphatic rings. The van der Waals surface area contributed by atoms with E-state index in [4.69, 9.17) is 12.6 Å². The van der Waals surface area contributed by atoms with Crippen LogP contribution in [0.2, 0.25) is 0 Å². The Labute approximate surface area is 80.0 Å². The van der Waals surface area contributed by atoms with Crippen LogP contribution in [0.1, 0.15) is 38.5 Å². The molecule has 0 saturated heterocycles. The molecule has 0 aromatic rings. The van der Waals surface area contributed by atoms with Crippen molar-refractivity contribution in [2.75, 3.05) is 5.75 Å². The summed E-state index contributed by atoms with van der Waals surface area (Å²) in [5.74, 6) is 1.97. The monoisotopic (exact) mass is 206 g/mol. The van der Waals surface area contributed by atoms with Crippen LogP contribution in [0.5, 0.6) is 0 Å². The number of hydrogen-bond acceptors (Lipinski definition) is 1. The predicted molar refractivity (Wildman–Crippen MR) is 43.4 cm³/mol. The van der Waals surface area contributed by atoms with E-state index in [-0.39, 0.29) is 17.1 Å². The van der Waals surface area contributed by atoms with Crippen molar-refractivity contribution >= 4 is 12.6 Å². The van der Waals surface area contributed by atoms with Gasteiger partial charge in [-0.2, -0.15) is 5.75 Å². The molecule has 2 heteroatoms. The van der Waals surface area contributed by atoms with Gasteiger partial charge in [-0.25, -0.2) is 0 Å². The average molecular weight is 207 g/mol. The molecule has 10 heavy (non-hydrogen) atoms. The molecule has 0 N–H and O–H groups in total. The molecule has 1 saturated carbocycles. The van der Waals surface area contributed by atoms with Crippen LogP contribution in [0.15, 0.2) is 0 Å². The van der Waals surface area contributed by atoms with Crippen molar-refractivity contribution in [3.05, 3.63) is 0 Å². The summed E-state index contributed by atoms with van der Waals surface area (Å²) in [4.78, 5) is 0. The summed E-state index contributed by atoms with van der Waals surface area (Å²) in [6.45, 7) is 0. The van der Waals surface area contributed by atoms with Crippen LogP contribution in [0.3, 0.4) is 0 Å². The average Bonchev–Trinajstić information content (AvgIpc) is 1.91. The van der Waals surface area contributed by atoms with Gasteiger partial charge in [-0.05, 0) is 5.92 Å².